The van der Waals surface area contributed by atoms with Crippen molar-refractivity contribution in [2.45, 2.75) is 26.8 Å². The summed E-state index contributed by atoms with van der Waals surface area (Å²) >= 11 is 5.97. The summed E-state index contributed by atoms with van der Waals surface area (Å²) in [6.07, 6.45) is 0. The molecule has 3 nitrogen and oxygen atoms in total. The van der Waals surface area contributed by atoms with E-state index in [4.69, 9.17) is 22.4 Å². The van der Waals surface area contributed by atoms with Crippen LogP contribution in [0.4, 0.5) is 11.4 Å². The maximum absolute atomic E-state index is 9.07. The van der Waals surface area contributed by atoms with E-state index in [0.29, 0.717) is 10.7 Å². The molecule has 0 bridgehead atoms. The van der Waals surface area contributed by atoms with Crippen molar-refractivity contribution in [1.29, 1.82) is 0 Å². The highest BCUT2D eigenvalue weighted by molar-refractivity contribution is 6.33. The van der Waals surface area contributed by atoms with Gasteiger partial charge in [0.05, 0.1) is 10.7 Å². The van der Waals surface area contributed by atoms with E-state index in [1.54, 1.807) is 0 Å². The number of aliphatic hydroxyl groups is 1. The number of nitrogen functional groups attached to an aromatic ring is 1. The molecule has 0 aliphatic carbocycles. The summed E-state index contributed by atoms with van der Waals surface area (Å²) in [7, 11) is 0. The van der Waals surface area contributed by atoms with Crippen LogP contribution in [-0.4, -0.2) is 17.8 Å². The Morgan fingerprint density at radius 3 is 2.62 bits per heavy atom. The van der Waals surface area contributed by atoms with Crippen LogP contribution in [0.25, 0.3) is 0 Å². The zero-order valence-electron chi connectivity index (χ0n) is 9.92. The summed E-state index contributed by atoms with van der Waals surface area (Å²) in [5.74, 6) is 0.190. The van der Waals surface area contributed by atoms with E-state index in [2.05, 4.69) is 5.32 Å². The third kappa shape index (κ3) is 3.03. The standard InChI is InChI=1S/C12H19ClN2O/c1-7-4-11(14)10(13)5-12(7)15-9(3)8(2)6-16/h4-5,8-9,15-16H,6,14H2,1-3H3. The van der Waals surface area contributed by atoms with Crippen LogP contribution in [0.15, 0.2) is 12.1 Å². The second-order valence-electron chi connectivity index (χ2n) is 4.28. The summed E-state index contributed by atoms with van der Waals surface area (Å²) in [6.45, 7) is 6.16. The summed E-state index contributed by atoms with van der Waals surface area (Å²) in [5, 5.41) is 12.9. The SMILES string of the molecule is Cc1cc(N)c(Cl)cc1NC(C)C(C)CO. The number of hydrogen-bond donors (Lipinski definition) is 3. The first kappa shape index (κ1) is 13.1. The maximum Gasteiger partial charge on any atom is 0.0656 e. The Morgan fingerprint density at radius 2 is 2.06 bits per heavy atom. The Bertz CT molecular complexity index is 368. The van der Waals surface area contributed by atoms with Gasteiger partial charge in [0.1, 0.15) is 0 Å². The van der Waals surface area contributed by atoms with Crippen molar-refractivity contribution in [2.75, 3.05) is 17.7 Å². The molecular weight excluding hydrogens is 224 g/mol. The quantitative estimate of drug-likeness (QED) is 0.712. The summed E-state index contributed by atoms with van der Waals surface area (Å²) < 4.78 is 0. The van der Waals surface area contributed by atoms with Gasteiger partial charge in [0.25, 0.3) is 0 Å². The average molecular weight is 243 g/mol. The zero-order chi connectivity index (χ0) is 12.3. The van der Waals surface area contributed by atoms with E-state index < -0.39 is 0 Å². The van der Waals surface area contributed by atoms with Crippen LogP contribution >= 0.6 is 11.6 Å². The van der Waals surface area contributed by atoms with Crippen molar-refractivity contribution in [3.05, 3.63) is 22.7 Å². The van der Waals surface area contributed by atoms with Crippen LogP contribution in [0.5, 0.6) is 0 Å². The predicted octanol–water partition coefficient (Wildman–Crippen LogP) is 2.66. The van der Waals surface area contributed by atoms with Gasteiger partial charge in [-0.15, -0.1) is 0 Å². The molecule has 90 valence electrons. The molecule has 2 unspecified atom stereocenters. The van der Waals surface area contributed by atoms with Gasteiger partial charge in [0.2, 0.25) is 0 Å². The van der Waals surface area contributed by atoms with Gasteiger partial charge in [-0.25, -0.2) is 0 Å². The molecule has 2 atom stereocenters. The predicted molar refractivity (Wildman–Crippen MR) is 69.9 cm³/mol. The van der Waals surface area contributed by atoms with E-state index in [9.17, 15) is 0 Å². The molecule has 0 saturated carbocycles. The molecule has 0 amide bonds. The van der Waals surface area contributed by atoms with Gasteiger partial charge < -0.3 is 16.2 Å². The number of halogens is 1. The van der Waals surface area contributed by atoms with Crippen LogP contribution in [0.1, 0.15) is 19.4 Å². The minimum atomic E-state index is 0.163. The van der Waals surface area contributed by atoms with Crippen molar-refractivity contribution in [3.63, 3.8) is 0 Å². The van der Waals surface area contributed by atoms with E-state index in [-0.39, 0.29) is 18.6 Å². The van der Waals surface area contributed by atoms with Crippen LogP contribution in [0.3, 0.4) is 0 Å². The summed E-state index contributed by atoms with van der Waals surface area (Å²) in [4.78, 5) is 0. The number of rotatable bonds is 4. The number of benzene rings is 1. The Morgan fingerprint density at radius 1 is 1.44 bits per heavy atom. The Hall–Kier alpha value is -0.930. The molecule has 4 heteroatoms. The summed E-state index contributed by atoms with van der Waals surface area (Å²) in [6, 6.07) is 3.86. The molecule has 0 aliphatic heterocycles. The second kappa shape index (κ2) is 5.41. The molecular formula is C12H19ClN2O. The first-order valence-electron chi connectivity index (χ1n) is 5.38. The number of aryl methyl sites for hydroxylation is 1. The molecule has 16 heavy (non-hydrogen) atoms. The Balaban J connectivity index is 2.85. The zero-order valence-corrected chi connectivity index (χ0v) is 10.7. The lowest BCUT2D eigenvalue weighted by molar-refractivity contribution is 0.226. The number of anilines is 2. The van der Waals surface area contributed by atoms with Gasteiger partial charge >= 0.3 is 0 Å². The van der Waals surface area contributed by atoms with Crippen molar-refractivity contribution >= 4 is 23.0 Å². The van der Waals surface area contributed by atoms with E-state index in [1.165, 1.54) is 0 Å². The lowest BCUT2D eigenvalue weighted by Crippen LogP contribution is -2.26. The fourth-order valence-corrected chi connectivity index (χ4v) is 1.57. The number of aliphatic hydroxyl groups excluding tert-OH is 1. The lowest BCUT2D eigenvalue weighted by atomic mass is 10.0. The van der Waals surface area contributed by atoms with E-state index in [0.717, 1.165) is 11.3 Å². The molecule has 0 spiro atoms. The highest BCUT2D eigenvalue weighted by Crippen LogP contribution is 2.27. The lowest BCUT2D eigenvalue weighted by Gasteiger charge is -2.22. The fraction of sp³-hybridized carbons (Fsp3) is 0.500. The molecule has 0 radical (unpaired) electrons. The fourth-order valence-electron chi connectivity index (χ4n) is 1.40. The van der Waals surface area contributed by atoms with Gasteiger partial charge in [-0.2, -0.15) is 0 Å². The molecule has 0 saturated heterocycles. The highest BCUT2D eigenvalue weighted by atomic mass is 35.5. The minimum Gasteiger partial charge on any atom is -0.398 e. The molecule has 1 aromatic carbocycles. The topological polar surface area (TPSA) is 58.3 Å². The third-order valence-corrected chi connectivity index (χ3v) is 3.20. The monoisotopic (exact) mass is 242 g/mol. The first-order chi connectivity index (χ1) is 7.45. The van der Waals surface area contributed by atoms with E-state index >= 15 is 0 Å². The van der Waals surface area contributed by atoms with Crippen LogP contribution in [0, 0.1) is 12.8 Å². The van der Waals surface area contributed by atoms with Crippen molar-refractivity contribution < 1.29 is 5.11 Å². The molecule has 0 heterocycles. The van der Waals surface area contributed by atoms with Crippen molar-refractivity contribution in [1.82, 2.24) is 0 Å². The van der Waals surface area contributed by atoms with E-state index in [1.807, 2.05) is 32.9 Å². The Kier molecular flexibility index (Phi) is 4.44. The van der Waals surface area contributed by atoms with Crippen molar-refractivity contribution in [2.24, 2.45) is 5.92 Å². The van der Waals surface area contributed by atoms with Crippen LogP contribution in [-0.2, 0) is 0 Å². The third-order valence-electron chi connectivity index (χ3n) is 2.87. The van der Waals surface area contributed by atoms with Gasteiger partial charge in [-0.05, 0) is 37.5 Å². The normalized spacial score (nSPS) is 14.6. The molecule has 4 N–H and O–H groups in total. The largest absolute Gasteiger partial charge is 0.398 e. The van der Waals surface area contributed by atoms with Crippen molar-refractivity contribution in [3.8, 4) is 0 Å². The molecule has 0 aliphatic rings. The number of nitrogens with one attached hydrogen (secondary N) is 1. The molecule has 1 aromatic rings. The van der Waals surface area contributed by atoms with Gasteiger partial charge in [-0.1, -0.05) is 18.5 Å². The first-order valence-corrected chi connectivity index (χ1v) is 5.76. The van der Waals surface area contributed by atoms with Crippen LogP contribution in [0.2, 0.25) is 5.02 Å². The molecule has 1 rings (SSSR count). The number of hydrogen-bond acceptors (Lipinski definition) is 3. The average Bonchev–Trinajstić information content (AvgIpc) is 2.24. The van der Waals surface area contributed by atoms with Crippen LogP contribution < -0.4 is 11.1 Å². The minimum absolute atomic E-state index is 0.163. The van der Waals surface area contributed by atoms with Gasteiger partial charge in [0.15, 0.2) is 0 Å². The smallest absolute Gasteiger partial charge is 0.0656 e. The summed E-state index contributed by atoms with van der Waals surface area (Å²) in [5.41, 5.74) is 8.32. The molecule has 0 fully saturated rings. The molecule has 0 aromatic heterocycles. The van der Waals surface area contributed by atoms with Gasteiger partial charge in [-0.3, -0.25) is 0 Å². The van der Waals surface area contributed by atoms with Gasteiger partial charge in [0, 0.05) is 18.3 Å². The maximum atomic E-state index is 9.07. The second-order valence-corrected chi connectivity index (χ2v) is 4.69. The highest BCUT2D eigenvalue weighted by Gasteiger charge is 2.12. The number of nitrogens with two attached hydrogens (primary N) is 1. The Labute approximate surface area is 102 Å².